The topological polar surface area (TPSA) is 27.7 Å². The number of ether oxygens (including phenoxy) is 1. The van der Waals surface area contributed by atoms with E-state index < -0.39 is 0 Å². The van der Waals surface area contributed by atoms with Crippen LogP contribution in [0.5, 0.6) is 5.75 Å². The van der Waals surface area contributed by atoms with Crippen molar-refractivity contribution < 1.29 is 4.74 Å². The molecule has 0 atom stereocenters. The molecule has 1 aromatic rings. The molecule has 0 aliphatic carbocycles. The van der Waals surface area contributed by atoms with E-state index in [4.69, 9.17) is 4.74 Å². The van der Waals surface area contributed by atoms with Gasteiger partial charge in [0, 0.05) is 44.8 Å². The van der Waals surface area contributed by atoms with E-state index in [2.05, 4.69) is 47.4 Å². The zero-order valence-corrected chi connectivity index (χ0v) is 12.1. The Labute approximate surface area is 116 Å². The summed E-state index contributed by atoms with van der Waals surface area (Å²) in [7, 11) is 4.20. The van der Waals surface area contributed by atoms with Gasteiger partial charge in [-0.25, -0.2) is 0 Å². The fourth-order valence-electron chi connectivity index (χ4n) is 2.24. The molecular formula is C15H25N3O. The molecule has 0 amide bonds. The maximum atomic E-state index is 5.77. The van der Waals surface area contributed by atoms with Crippen molar-refractivity contribution in [2.75, 3.05) is 53.4 Å². The molecule has 0 spiro atoms. The number of hydrogen-bond acceptors (Lipinski definition) is 4. The van der Waals surface area contributed by atoms with E-state index in [1.807, 2.05) is 6.07 Å². The highest BCUT2D eigenvalue weighted by Gasteiger charge is 2.13. The zero-order valence-electron chi connectivity index (χ0n) is 12.1. The summed E-state index contributed by atoms with van der Waals surface area (Å²) < 4.78 is 5.77. The predicted octanol–water partition coefficient (Wildman–Crippen LogP) is 1.03. The SMILES string of the molecule is CN(C)CCNCCN1CCOc2ccccc2C1. The van der Waals surface area contributed by atoms with Crippen LogP contribution in [0.15, 0.2) is 24.3 Å². The second-order valence-electron chi connectivity index (χ2n) is 5.29. The van der Waals surface area contributed by atoms with E-state index in [9.17, 15) is 0 Å². The number of hydrogen-bond donors (Lipinski definition) is 1. The maximum Gasteiger partial charge on any atom is 0.123 e. The van der Waals surface area contributed by atoms with Crippen molar-refractivity contribution in [3.8, 4) is 5.75 Å². The minimum Gasteiger partial charge on any atom is -0.492 e. The third-order valence-electron chi connectivity index (χ3n) is 3.37. The van der Waals surface area contributed by atoms with E-state index in [1.165, 1.54) is 5.56 Å². The molecule has 4 nitrogen and oxygen atoms in total. The quantitative estimate of drug-likeness (QED) is 0.776. The molecule has 0 radical (unpaired) electrons. The molecule has 0 fully saturated rings. The molecule has 106 valence electrons. The number of para-hydroxylation sites is 1. The Morgan fingerprint density at radius 3 is 2.95 bits per heavy atom. The molecular weight excluding hydrogens is 238 g/mol. The number of rotatable bonds is 6. The van der Waals surface area contributed by atoms with Gasteiger partial charge in [-0.3, -0.25) is 4.90 Å². The standard InChI is InChI=1S/C15H25N3O/c1-17(2)9-7-16-8-10-18-11-12-19-15-6-4-3-5-14(15)13-18/h3-6,16H,7-13H2,1-2H3. The van der Waals surface area contributed by atoms with Gasteiger partial charge < -0.3 is 15.0 Å². The molecule has 4 heteroatoms. The lowest BCUT2D eigenvalue weighted by Gasteiger charge is -2.19. The molecule has 1 N–H and O–H groups in total. The Hall–Kier alpha value is -1.10. The van der Waals surface area contributed by atoms with Gasteiger partial charge in [-0.2, -0.15) is 0 Å². The molecule has 1 aliphatic rings. The Kier molecular flexibility index (Phi) is 5.63. The van der Waals surface area contributed by atoms with Crippen LogP contribution in [0.4, 0.5) is 0 Å². The van der Waals surface area contributed by atoms with Crippen LogP contribution in [0, 0.1) is 0 Å². The summed E-state index contributed by atoms with van der Waals surface area (Å²) in [4.78, 5) is 4.65. The Morgan fingerprint density at radius 2 is 2.11 bits per heavy atom. The van der Waals surface area contributed by atoms with E-state index in [1.54, 1.807) is 0 Å². The van der Waals surface area contributed by atoms with E-state index in [-0.39, 0.29) is 0 Å². The molecule has 2 rings (SSSR count). The summed E-state index contributed by atoms with van der Waals surface area (Å²) in [5.41, 5.74) is 1.30. The lowest BCUT2D eigenvalue weighted by molar-refractivity contribution is 0.225. The second-order valence-corrected chi connectivity index (χ2v) is 5.29. The number of nitrogens with zero attached hydrogens (tertiary/aromatic N) is 2. The van der Waals surface area contributed by atoms with Crippen LogP contribution in [0.3, 0.4) is 0 Å². The third-order valence-corrected chi connectivity index (χ3v) is 3.37. The van der Waals surface area contributed by atoms with Crippen molar-refractivity contribution in [3.05, 3.63) is 29.8 Å². The Bertz CT molecular complexity index is 381. The average molecular weight is 263 g/mol. The van der Waals surface area contributed by atoms with Gasteiger partial charge in [-0.15, -0.1) is 0 Å². The lowest BCUT2D eigenvalue weighted by atomic mass is 10.2. The minimum atomic E-state index is 0.786. The highest BCUT2D eigenvalue weighted by atomic mass is 16.5. The molecule has 1 aliphatic heterocycles. The van der Waals surface area contributed by atoms with Crippen molar-refractivity contribution >= 4 is 0 Å². The van der Waals surface area contributed by atoms with Crippen LogP contribution >= 0.6 is 0 Å². The largest absolute Gasteiger partial charge is 0.492 e. The monoisotopic (exact) mass is 263 g/mol. The highest BCUT2D eigenvalue weighted by molar-refractivity contribution is 5.33. The summed E-state index contributed by atoms with van der Waals surface area (Å²) in [6.45, 7) is 7.03. The molecule has 0 saturated heterocycles. The summed E-state index contributed by atoms with van der Waals surface area (Å²) in [6, 6.07) is 8.35. The van der Waals surface area contributed by atoms with Gasteiger partial charge in [0.15, 0.2) is 0 Å². The van der Waals surface area contributed by atoms with Gasteiger partial charge in [-0.1, -0.05) is 18.2 Å². The van der Waals surface area contributed by atoms with Crippen LogP contribution in [0.2, 0.25) is 0 Å². The van der Waals surface area contributed by atoms with Crippen LogP contribution in [0.1, 0.15) is 5.56 Å². The first-order valence-corrected chi connectivity index (χ1v) is 7.04. The van der Waals surface area contributed by atoms with Crippen LogP contribution < -0.4 is 10.1 Å². The molecule has 1 aromatic carbocycles. The lowest BCUT2D eigenvalue weighted by Crippen LogP contribution is -2.35. The fourth-order valence-corrected chi connectivity index (χ4v) is 2.24. The summed E-state index contributed by atoms with van der Waals surface area (Å²) in [5.74, 6) is 1.05. The van der Waals surface area contributed by atoms with E-state index in [0.717, 1.165) is 51.6 Å². The zero-order chi connectivity index (χ0) is 13.5. The van der Waals surface area contributed by atoms with Gasteiger partial charge in [0.1, 0.15) is 12.4 Å². The summed E-state index contributed by atoms with van der Waals surface area (Å²) in [5, 5.41) is 3.48. The number of likely N-dealkylation sites (N-methyl/N-ethyl adjacent to an activating group) is 1. The average Bonchev–Trinajstić information content (AvgIpc) is 2.59. The van der Waals surface area contributed by atoms with Crippen molar-refractivity contribution in [2.45, 2.75) is 6.54 Å². The van der Waals surface area contributed by atoms with Crippen LogP contribution in [-0.4, -0.2) is 63.2 Å². The van der Waals surface area contributed by atoms with Crippen molar-refractivity contribution in [1.82, 2.24) is 15.1 Å². The van der Waals surface area contributed by atoms with E-state index >= 15 is 0 Å². The molecule has 0 aromatic heterocycles. The predicted molar refractivity (Wildman–Crippen MR) is 78.6 cm³/mol. The summed E-state index contributed by atoms with van der Waals surface area (Å²) in [6.07, 6.45) is 0. The minimum absolute atomic E-state index is 0.786. The third kappa shape index (κ3) is 4.82. The molecule has 0 bridgehead atoms. The van der Waals surface area contributed by atoms with Gasteiger partial charge in [0.05, 0.1) is 0 Å². The van der Waals surface area contributed by atoms with Gasteiger partial charge in [-0.05, 0) is 20.2 Å². The first-order chi connectivity index (χ1) is 9.25. The smallest absolute Gasteiger partial charge is 0.123 e. The highest BCUT2D eigenvalue weighted by Crippen LogP contribution is 2.21. The van der Waals surface area contributed by atoms with Crippen LogP contribution in [0.25, 0.3) is 0 Å². The number of benzene rings is 1. The molecule has 1 heterocycles. The Morgan fingerprint density at radius 1 is 1.26 bits per heavy atom. The van der Waals surface area contributed by atoms with Gasteiger partial charge in [0.2, 0.25) is 0 Å². The number of nitrogens with one attached hydrogen (secondary N) is 1. The van der Waals surface area contributed by atoms with Crippen molar-refractivity contribution in [3.63, 3.8) is 0 Å². The first-order valence-electron chi connectivity index (χ1n) is 7.04. The second kappa shape index (κ2) is 7.48. The normalized spacial score (nSPS) is 15.9. The molecule has 0 unspecified atom stereocenters. The van der Waals surface area contributed by atoms with Gasteiger partial charge in [0.25, 0.3) is 0 Å². The van der Waals surface area contributed by atoms with Crippen LogP contribution in [-0.2, 0) is 6.54 Å². The maximum absolute atomic E-state index is 5.77. The fraction of sp³-hybridized carbons (Fsp3) is 0.600. The Balaban J connectivity index is 1.73. The molecule has 19 heavy (non-hydrogen) atoms. The molecule has 0 saturated carbocycles. The number of fused-ring (bicyclic) bond motifs is 1. The summed E-state index contributed by atoms with van der Waals surface area (Å²) >= 11 is 0. The van der Waals surface area contributed by atoms with E-state index in [0.29, 0.717) is 0 Å². The van der Waals surface area contributed by atoms with Crippen molar-refractivity contribution in [1.29, 1.82) is 0 Å². The first kappa shape index (κ1) is 14.3. The van der Waals surface area contributed by atoms with Gasteiger partial charge >= 0.3 is 0 Å². The van der Waals surface area contributed by atoms with Crippen molar-refractivity contribution in [2.24, 2.45) is 0 Å².